The van der Waals surface area contributed by atoms with Crippen LogP contribution >= 0.6 is 11.6 Å². The van der Waals surface area contributed by atoms with Gasteiger partial charge in [0.15, 0.2) is 29.0 Å². The largest absolute Gasteiger partial charge is 0.387 e. The molecule has 4 atom stereocenters. The fourth-order valence-corrected chi connectivity index (χ4v) is 3.78. The number of aliphatic hydroxyl groups is 2. The van der Waals surface area contributed by atoms with Crippen LogP contribution in [0.1, 0.15) is 57.4 Å². The van der Waals surface area contributed by atoms with Crippen LogP contribution in [0.15, 0.2) is 16.9 Å². The maximum absolute atomic E-state index is 10.7. The third kappa shape index (κ3) is 3.64. The Hall–Kier alpha value is -2.27. The van der Waals surface area contributed by atoms with Crippen LogP contribution in [0.2, 0.25) is 5.28 Å². The van der Waals surface area contributed by atoms with Crippen molar-refractivity contribution in [3.05, 3.63) is 29.1 Å². The van der Waals surface area contributed by atoms with Crippen molar-refractivity contribution in [1.29, 1.82) is 0 Å². The molecule has 0 aromatic carbocycles. The van der Waals surface area contributed by atoms with Crippen LogP contribution in [-0.4, -0.2) is 53.1 Å². The van der Waals surface area contributed by atoms with Crippen molar-refractivity contribution in [3.63, 3.8) is 0 Å². The predicted molar refractivity (Wildman–Crippen MR) is 109 cm³/mol. The Kier molecular flexibility index (Phi) is 5.92. The number of aryl methyl sites for hydroxylation is 1. The molecular weight excluding hydrogens is 412 g/mol. The Morgan fingerprint density at radius 2 is 1.97 bits per heavy atom. The van der Waals surface area contributed by atoms with Gasteiger partial charge in [-0.3, -0.25) is 4.57 Å². The summed E-state index contributed by atoms with van der Waals surface area (Å²) in [5, 5.41) is 28.5. The Morgan fingerprint density at radius 3 is 2.63 bits per heavy atom. The fraction of sp³-hybridized carbons (Fsp3) is 0.579. The highest BCUT2D eigenvalue weighted by atomic mass is 35.5. The van der Waals surface area contributed by atoms with E-state index < -0.39 is 24.5 Å². The monoisotopic (exact) mass is 436 g/mol. The van der Waals surface area contributed by atoms with E-state index in [2.05, 4.69) is 39.3 Å². The van der Waals surface area contributed by atoms with Crippen LogP contribution < -0.4 is 5.32 Å². The zero-order valence-electron chi connectivity index (χ0n) is 17.0. The highest BCUT2D eigenvalue weighted by Crippen LogP contribution is 2.40. The van der Waals surface area contributed by atoms with Crippen molar-refractivity contribution < 1.29 is 19.5 Å². The number of hydrogen-bond donors (Lipinski definition) is 3. The molecule has 3 aromatic heterocycles. The predicted octanol–water partition coefficient (Wildman–Crippen LogP) is 2.62. The summed E-state index contributed by atoms with van der Waals surface area (Å²) < 4.78 is 12.8. The van der Waals surface area contributed by atoms with E-state index in [9.17, 15) is 10.2 Å². The third-order valence-electron chi connectivity index (χ3n) is 5.45. The number of aliphatic hydroxyl groups excluding tert-OH is 2. The number of halogens is 1. The Bertz CT molecular complexity index is 1020. The number of rotatable bonds is 7. The summed E-state index contributed by atoms with van der Waals surface area (Å²) in [5.74, 6) is 0.874. The third-order valence-corrected chi connectivity index (χ3v) is 5.62. The van der Waals surface area contributed by atoms with Gasteiger partial charge in [0.25, 0.3) is 0 Å². The van der Waals surface area contributed by atoms with Gasteiger partial charge in [-0.15, -0.1) is 0 Å². The second-order valence-electron chi connectivity index (χ2n) is 7.33. The van der Waals surface area contributed by atoms with E-state index in [1.165, 1.54) is 6.33 Å². The molecule has 1 aliphatic rings. The van der Waals surface area contributed by atoms with Gasteiger partial charge in [0.2, 0.25) is 5.28 Å². The number of anilines is 1. The highest BCUT2D eigenvalue weighted by molar-refractivity contribution is 6.28. The molecule has 162 valence electrons. The molecule has 0 aliphatic carbocycles. The molecule has 3 aromatic rings. The molecule has 30 heavy (non-hydrogen) atoms. The maximum atomic E-state index is 10.7. The number of hydrogen-bond acceptors (Lipinski definition) is 9. The van der Waals surface area contributed by atoms with Gasteiger partial charge >= 0.3 is 0 Å². The topological polar surface area (TPSA) is 131 Å². The molecule has 0 amide bonds. The number of ether oxygens (including phenoxy) is 1. The molecule has 0 radical (unpaired) electrons. The van der Waals surface area contributed by atoms with Gasteiger partial charge in [0, 0.05) is 12.1 Å². The number of aromatic nitrogens is 5. The van der Waals surface area contributed by atoms with Crippen molar-refractivity contribution in [2.24, 2.45) is 0 Å². The summed E-state index contributed by atoms with van der Waals surface area (Å²) in [6, 6.07) is 1.93. The smallest absolute Gasteiger partial charge is 0.226 e. The van der Waals surface area contributed by atoms with Crippen LogP contribution in [-0.2, 0) is 11.2 Å². The van der Waals surface area contributed by atoms with Crippen molar-refractivity contribution in [2.45, 2.75) is 70.6 Å². The summed E-state index contributed by atoms with van der Waals surface area (Å²) >= 11 is 6.16. The van der Waals surface area contributed by atoms with Crippen molar-refractivity contribution in [2.75, 3.05) is 5.32 Å². The molecule has 1 saturated heterocycles. The van der Waals surface area contributed by atoms with Gasteiger partial charge in [-0.1, -0.05) is 25.9 Å². The van der Waals surface area contributed by atoms with Crippen molar-refractivity contribution in [3.8, 4) is 0 Å². The molecule has 4 rings (SSSR count). The first-order chi connectivity index (χ1) is 14.5. The minimum atomic E-state index is -1.23. The number of nitrogens with one attached hydrogen (secondary N) is 1. The molecule has 0 saturated carbocycles. The van der Waals surface area contributed by atoms with Gasteiger partial charge < -0.3 is 24.8 Å². The van der Waals surface area contributed by atoms with Gasteiger partial charge in [0.1, 0.15) is 18.3 Å². The molecular formula is C19H25ClN6O4. The number of fused-ring (bicyclic) bond motifs is 1. The van der Waals surface area contributed by atoms with Crippen LogP contribution in [0.4, 0.5) is 5.82 Å². The first kappa shape index (κ1) is 21.0. The van der Waals surface area contributed by atoms with Crippen LogP contribution in [0.3, 0.4) is 0 Å². The summed E-state index contributed by atoms with van der Waals surface area (Å²) in [6.45, 7) is 6.11. The van der Waals surface area contributed by atoms with Gasteiger partial charge in [-0.25, -0.2) is 4.98 Å². The average Bonchev–Trinajstić information content (AvgIpc) is 3.45. The maximum Gasteiger partial charge on any atom is 0.226 e. The van der Waals surface area contributed by atoms with Crippen LogP contribution in [0, 0.1) is 0 Å². The quantitative estimate of drug-likeness (QED) is 0.478. The normalized spacial score (nSPS) is 24.2. The number of nitrogens with zero attached hydrogens (tertiary/aromatic N) is 5. The molecule has 3 N–H and O–H groups in total. The SMILES string of the molecule is CCc1cc([C@H]2O[C@@H](n3cnc4c(NC(CC)CC)nc(Cl)nc43)C(O)C2O)on1. The van der Waals surface area contributed by atoms with E-state index in [0.717, 1.165) is 18.5 Å². The van der Waals surface area contributed by atoms with Crippen molar-refractivity contribution in [1.82, 2.24) is 24.7 Å². The van der Waals surface area contributed by atoms with Crippen LogP contribution in [0.25, 0.3) is 11.2 Å². The summed E-state index contributed by atoms with van der Waals surface area (Å²) in [5.41, 5.74) is 1.64. The summed E-state index contributed by atoms with van der Waals surface area (Å²) in [7, 11) is 0. The van der Waals surface area contributed by atoms with E-state index in [1.54, 1.807) is 10.6 Å². The lowest BCUT2D eigenvalue weighted by Gasteiger charge is -2.18. The first-order valence-electron chi connectivity index (χ1n) is 10.1. The Labute approximate surface area is 178 Å². The van der Waals surface area contributed by atoms with Gasteiger partial charge in [-0.2, -0.15) is 9.97 Å². The molecule has 1 aliphatic heterocycles. The van der Waals surface area contributed by atoms with Crippen molar-refractivity contribution >= 4 is 28.6 Å². The molecule has 1 fully saturated rings. The van der Waals surface area contributed by atoms with E-state index in [-0.39, 0.29) is 11.3 Å². The second-order valence-corrected chi connectivity index (χ2v) is 7.66. The van der Waals surface area contributed by atoms with E-state index >= 15 is 0 Å². The second kappa shape index (κ2) is 8.46. The summed E-state index contributed by atoms with van der Waals surface area (Å²) in [6.07, 6.45) is -0.227. The Morgan fingerprint density at radius 1 is 1.20 bits per heavy atom. The van der Waals surface area contributed by atoms with E-state index in [1.807, 2.05) is 6.92 Å². The minimum absolute atomic E-state index is 0.0464. The van der Waals surface area contributed by atoms with Gasteiger partial charge in [-0.05, 0) is 30.9 Å². The lowest BCUT2D eigenvalue weighted by atomic mass is 10.1. The molecule has 2 unspecified atom stereocenters. The molecule has 10 nitrogen and oxygen atoms in total. The standard InChI is InChI=1S/C19H25ClN6O4/c1-4-9(5-2)22-16-12-17(24-19(20)23-16)26(8-21-12)18-14(28)13(27)15(29-18)11-7-10(6-3)25-30-11/h7-9,13-15,18,27-28H,4-6H2,1-3H3,(H,22,23,24)/t13?,14?,15-,18-/m1/s1. The highest BCUT2D eigenvalue weighted by Gasteiger charge is 2.47. The number of imidazole rings is 1. The zero-order valence-corrected chi connectivity index (χ0v) is 17.7. The molecule has 11 heteroatoms. The van der Waals surface area contributed by atoms with E-state index in [4.69, 9.17) is 20.9 Å². The molecule has 0 bridgehead atoms. The zero-order chi connectivity index (χ0) is 21.4. The van der Waals surface area contributed by atoms with Gasteiger partial charge in [0.05, 0.1) is 12.0 Å². The molecule has 4 heterocycles. The van der Waals surface area contributed by atoms with E-state index in [0.29, 0.717) is 29.2 Å². The fourth-order valence-electron chi connectivity index (χ4n) is 3.62. The summed E-state index contributed by atoms with van der Waals surface area (Å²) in [4.78, 5) is 13.0. The Balaban J connectivity index is 1.68. The molecule has 0 spiro atoms. The lowest BCUT2D eigenvalue weighted by molar-refractivity contribution is -0.0434. The first-order valence-corrected chi connectivity index (χ1v) is 10.5. The van der Waals surface area contributed by atoms with Crippen LogP contribution in [0.5, 0.6) is 0 Å². The minimum Gasteiger partial charge on any atom is -0.387 e. The average molecular weight is 437 g/mol. The lowest BCUT2D eigenvalue weighted by Crippen LogP contribution is -2.29.